The largest absolute Gasteiger partial charge is 0.465 e. The van der Waals surface area contributed by atoms with E-state index in [0.717, 1.165) is 0 Å². The SMILES string of the molecule is CCOC(=O)C1=C(c2ccccc2)N=c2sc(=Cc3ccc(C(=O)OC)cc3)c(=O)n2[C@H]1c1ccc(F)cc1. The molecule has 4 aromatic rings. The van der Waals surface area contributed by atoms with Crippen LogP contribution in [0.5, 0.6) is 0 Å². The van der Waals surface area contributed by atoms with Crippen molar-refractivity contribution < 1.29 is 23.5 Å². The Morgan fingerprint density at radius 3 is 2.33 bits per heavy atom. The van der Waals surface area contributed by atoms with Crippen LogP contribution in [0.15, 0.2) is 94.2 Å². The highest BCUT2D eigenvalue weighted by Gasteiger charge is 2.35. The highest BCUT2D eigenvalue weighted by Crippen LogP contribution is 2.35. The zero-order valence-electron chi connectivity index (χ0n) is 21.1. The molecule has 0 fully saturated rings. The van der Waals surface area contributed by atoms with E-state index in [4.69, 9.17) is 14.5 Å². The number of carbonyl (C=O) groups excluding carboxylic acids is 2. The van der Waals surface area contributed by atoms with Crippen LogP contribution in [-0.2, 0) is 14.3 Å². The second kappa shape index (κ2) is 11.0. The van der Waals surface area contributed by atoms with Crippen molar-refractivity contribution >= 4 is 35.0 Å². The number of thiazole rings is 1. The van der Waals surface area contributed by atoms with E-state index in [0.29, 0.717) is 37.3 Å². The molecule has 9 heteroatoms. The van der Waals surface area contributed by atoms with E-state index in [1.54, 1.807) is 49.4 Å². The van der Waals surface area contributed by atoms with Gasteiger partial charge in [-0.2, -0.15) is 0 Å². The van der Waals surface area contributed by atoms with Crippen molar-refractivity contribution in [1.29, 1.82) is 0 Å². The first-order valence-corrected chi connectivity index (χ1v) is 12.9. The van der Waals surface area contributed by atoms with Crippen LogP contribution < -0.4 is 14.9 Å². The molecule has 0 N–H and O–H groups in total. The molecule has 0 aliphatic carbocycles. The maximum Gasteiger partial charge on any atom is 0.338 e. The molecular weight excluding hydrogens is 519 g/mol. The third-order valence-corrected chi connectivity index (χ3v) is 7.17. The van der Waals surface area contributed by atoms with Crippen LogP contribution in [0.4, 0.5) is 4.39 Å². The number of ether oxygens (including phenoxy) is 2. The first kappa shape index (κ1) is 26.0. The third-order valence-electron chi connectivity index (χ3n) is 6.19. The topological polar surface area (TPSA) is 87.0 Å². The summed E-state index contributed by atoms with van der Waals surface area (Å²) >= 11 is 1.18. The fourth-order valence-electron chi connectivity index (χ4n) is 4.39. The van der Waals surface area contributed by atoms with Crippen molar-refractivity contribution in [3.8, 4) is 0 Å². The van der Waals surface area contributed by atoms with Crippen molar-refractivity contribution in [1.82, 2.24) is 4.57 Å². The Bertz CT molecular complexity index is 1760. The van der Waals surface area contributed by atoms with Gasteiger partial charge in [0, 0.05) is 5.56 Å². The molecule has 0 radical (unpaired) electrons. The van der Waals surface area contributed by atoms with Gasteiger partial charge in [0.2, 0.25) is 0 Å². The number of carbonyl (C=O) groups is 2. The number of aromatic nitrogens is 1. The summed E-state index contributed by atoms with van der Waals surface area (Å²) in [6, 6.07) is 20.6. The molecule has 39 heavy (non-hydrogen) atoms. The van der Waals surface area contributed by atoms with Gasteiger partial charge in [0.1, 0.15) is 5.82 Å². The summed E-state index contributed by atoms with van der Waals surface area (Å²) < 4.78 is 25.9. The van der Waals surface area contributed by atoms with E-state index in [9.17, 15) is 18.8 Å². The van der Waals surface area contributed by atoms with Crippen molar-refractivity contribution in [3.05, 3.63) is 132 Å². The molecule has 7 nitrogen and oxygen atoms in total. The average molecular weight is 543 g/mol. The lowest BCUT2D eigenvalue weighted by molar-refractivity contribution is -0.138. The second-order valence-corrected chi connectivity index (χ2v) is 9.61. The van der Waals surface area contributed by atoms with Crippen LogP contribution >= 0.6 is 11.3 Å². The van der Waals surface area contributed by atoms with Gasteiger partial charge in [0.05, 0.1) is 41.1 Å². The molecule has 0 bridgehead atoms. The van der Waals surface area contributed by atoms with Crippen LogP contribution in [0, 0.1) is 5.82 Å². The van der Waals surface area contributed by atoms with Crippen LogP contribution in [0.25, 0.3) is 11.8 Å². The number of benzene rings is 3. The fraction of sp³-hybridized carbons (Fsp3) is 0.133. The predicted octanol–water partition coefficient (Wildman–Crippen LogP) is 3.86. The number of rotatable bonds is 6. The van der Waals surface area contributed by atoms with Crippen LogP contribution in [0.3, 0.4) is 0 Å². The monoisotopic (exact) mass is 542 g/mol. The first-order chi connectivity index (χ1) is 18.9. The van der Waals surface area contributed by atoms with E-state index in [-0.39, 0.29) is 17.7 Å². The van der Waals surface area contributed by atoms with Gasteiger partial charge in [-0.05, 0) is 48.4 Å². The quantitative estimate of drug-likeness (QED) is 0.346. The van der Waals surface area contributed by atoms with Crippen LogP contribution in [0.1, 0.15) is 40.0 Å². The molecule has 0 saturated heterocycles. The highest BCUT2D eigenvalue weighted by molar-refractivity contribution is 7.07. The Kier molecular flexibility index (Phi) is 7.33. The number of nitrogens with zero attached hydrogens (tertiary/aromatic N) is 2. The van der Waals surface area contributed by atoms with E-state index in [2.05, 4.69) is 0 Å². The minimum absolute atomic E-state index is 0.131. The zero-order valence-corrected chi connectivity index (χ0v) is 21.9. The molecule has 1 aliphatic rings. The molecule has 5 rings (SSSR count). The first-order valence-electron chi connectivity index (χ1n) is 12.1. The summed E-state index contributed by atoms with van der Waals surface area (Å²) in [5.41, 5.74) is 2.52. The predicted molar refractivity (Wildman–Crippen MR) is 145 cm³/mol. The Morgan fingerprint density at radius 2 is 1.69 bits per heavy atom. The van der Waals surface area contributed by atoms with Crippen molar-refractivity contribution in [3.63, 3.8) is 0 Å². The van der Waals surface area contributed by atoms with E-state index < -0.39 is 23.8 Å². The molecule has 1 atom stereocenters. The van der Waals surface area contributed by atoms with Crippen molar-refractivity contribution in [2.45, 2.75) is 13.0 Å². The van der Waals surface area contributed by atoms with Gasteiger partial charge in [0.25, 0.3) is 5.56 Å². The number of fused-ring (bicyclic) bond motifs is 1. The van der Waals surface area contributed by atoms with E-state index >= 15 is 0 Å². The minimum Gasteiger partial charge on any atom is -0.465 e. The Labute approximate surface area is 226 Å². The standard InChI is InChI=1S/C30H23FN2O5S/c1-3-38-29(36)24-25(19-7-5-4-6-8-19)32-30-33(26(24)20-13-15-22(31)16-14-20)27(34)23(39-30)17-18-9-11-21(12-10-18)28(35)37-2/h4-17,26H,3H2,1-2H3/t26-/m0/s1. The van der Waals surface area contributed by atoms with Crippen LogP contribution in [-0.4, -0.2) is 30.2 Å². The van der Waals surface area contributed by atoms with E-state index in [1.165, 1.54) is 35.1 Å². The second-order valence-electron chi connectivity index (χ2n) is 8.60. The lowest BCUT2D eigenvalue weighted by atomic mass is 9.93. The summed E-state index contributed by atoms with van der Waals surface area (Å²) in [6.45, 7) is 1.83. The Hall–Kier alpha value is -4.63. The van der Waals surface area contributed by atoms with Crippen molar-refractivity contribution in [2.24, 2.45) is 4.99 Å². The minimum atomic E-state index is -0.889. The molecular formula is C30H23FN2O5S. The molecule has 1 aliphatic heterocycles. The number of halogens is 1. The summed E-state index contributed by atoms with van der Waals surface area (Å²) in [7, 11) is 1.31. The number of methoxy groups -OCH3 is 1. The molecule has 0 spiro atoms. The van der Waals surface area contributed by atoms with Gasteiger partial charge in [-0.25, -0.2) is 19.0 Å². The number of hydrogen-bond acceptors (Lipinski definition) is 7. The highest BCUT2D eigenvalue weighted by atomic mass is 32.1. The molecule has 0 amide bonds. The average Bonchev–Trinajstić information content (AvgIpc) is 3.27. The van der Waals surface area contributed by atoms with Gasteiger partial charge in [-0.1, -0.05) is 65.9 Å². The number of esters is 2. The third kappa shape index (κ3) is 5.08. The summed E-state index contributed by atoms with van der Waals surface area (Å²) in [5, 5.41) is 0. The molecule has 1 aromatic heterocycles. The van der Waals surface area contributed by atoms with Crippen LogP contribution in [0.2, 0.25) is 0 Å². The normalized spacial score (nSPS) is 14.9. The maximum absolute atomic E-state index is 13.9. The molecule has 2 heterocycles. The Morgan fingerprint density at radius 1 is 1.00 bits per heavy atom. The Balaban J connectivity index is 1.76. The maximum atomic E-state index is 13.9. The smallest absolute Gasteiger partial charge is 0.338 e. The summed E-state index contributed by atoms with van der Waals surface area (Å²) in [4.78, 5) is 44.1. The van der Waals surface area contributed by atoms with Gasteiger partial charge in [-0.3, -0.25) is 9.36 Å². The van der Waals surface area contributed by atoms with Gasteiger partial charge in [-0.15, -0.1) is 0 Å². The van der Waals surface area contributed by atoms with E-state index in [1.807, 2.05) is 30.3 Å². The van der Waals surface area contributed by atoms with Gasteiger partial charge in [0.15, 0.2) is 4.80 Å². The van der Waals surface area contributed by atoms with Gasteiger partial charge < -0.3 is 9.47 Å². The molecule has 0 saturated carbocycles. The summed E-state index contributed by atoms with van der Waals surface area (Å²) in [5.74, 6) is -1.51. The summed E-state index contributed by atoms with van der Waals surface area (Å²) in [6.07, 6.45) is 1.70. The molecule has 3 aromatic carbocycles. The lowest BCUT2D eigenvalue weighted by Gasteiger charge is -2.25. The lowest BCUT2D eigenvalue weighted by Crippen LogP contribution is -2.40. The van der Waals surface area contributed by atoms with Crippen molar-refractivity contribution in [2.75, 3.05) is 13.7 Å². The number of hydrogen-bond donors (Lipinski definition) is 0. The fourth-order valence-corrected chi connectivity index (χ4v) is 5.39. The molecule has 0 unspecified atom stereocenters. The zero-order chi connectivity index (χ0) is 27.5. The van der Waals surface area contributed by atoms with Gasteiger partial charge >= 0.3 is 11.9 Å². The molecule has 196 valence electrons.